The first-order valence-corrected chi connectivity index (χ1v) is 8.56. The average molecular weight is 348 g/mol. The maximum atomic E-state index is 12.1. The molecule has 0 aliphatic heterocycles. The highest BCUT2D eigenvalue weighted by Gasteiger charge is 2.52. The van der Waals surface area contributed by atoms with Gasteiger partial charge in [0.05, 0.1) is 11.3 Å². The van der Waals surface area contributed by atoms with Crippen LogP contribution in [0.3, 0.4) is 0 Å². The maximum absolute atomic E-state index is 12.1. The molecule has 0 amide bonds. The van der Waals surface area contributed by atoms with E-state index < -0.39 is 0 Å². The van der Waals surface area contributed by atoms with E-state index in [4.69, 9.17) is 4.84 Å². The van der Waals surface area contributed by atoms with Gasteiger partial charge in [-0.3, -0.25) is 0 Å². The van der Waals surface area contributed by atoms with Gasteiger partial charge in [0.1, 0.15) is 0 Å². The van der Waals surface area contributed by atoms with Crippen molar-refractivity contribution in [3.63, 3.8) is 0 Å². The van der Waals surface area contributed by atoms with Gasteiger partial charge in [0, 0.05) is 10.4 Å². The van der Waals surface area contributed by atoms with Crippen molar-refractivity contribution in [3.8, 4) is 0 Å². The minimum Gasteiger partial charge on any atom is -0.313 e. The van der Waals surface area contributed by atoms with E-state index in [1.54, 1.807) is 6.07 Å². The molecule has 0 saturated heterocycles. The highest BCUT2D eigenvalue weighted by atomic mass is 79.9. The van der Waals surface area contributed by atoms with Crippen LogP contribution in [0.25, 0.3) is 0 Å². The molecule has 3 aliphatic carbocycles. The number of halogens is 1. The molecule has 3 nitrogen and oxygen atoms in total. The van der Waals surface area contributed by atoms with Gasteiger partial charge >= 0.3 is 5.97 Å². The smallest absolute Gasteiger partial charge is 0.313 e. The molecule has 0 radical (unpaired) electrons. The van der Waals surface area contributed by atoms with Crippen LogP contribution in [0, 0.1) is 23.7 Å². The maximum Gasteiger partial charge on any atom is 0.366 e. The third-order valence-corrected chi connectivity index (χ3v) is 6.23. The molecule has 0 unspecified atom stereocenters. The molecule has 1 aromatic rings. The molecule has 0 heterocycles. The summed E-state index contributed by atoms with van der Waals surface area (Å²) in [6.07, 6.45) is 6.40. The lowest BCUT2D eigenvalue weighted by molar-refractivity contribution is 0.0510. The second-order valence-electron chi connectivity index (χ2n) is 6.51. The fourth-order valence-corrected chi connectivity index (χ4v) is 5.14. The Balaban J connectivity index is 1.47. The van der Waals surface area contributed by atoms with E-state index >= 15 is 0 Å². The van der Waals surface area contributed by atoms with Crippen molar-refractivity contribution in [3.05, 3.63) is 34.3 Å². The zero-order valence-corrected chi connectivity index (χ0v) is 13.4. The predicted molar refractivity (Wildman–Crippen MR) is 84.0 cm³/mol. The van der Waals surface area contributed by atoms with E-state index in [-0.39, 0.29) is 5.97 Å². The van der Waals surface area contributed by atoms with Crippen molar-refractivity contribution >= 4 is 27.6 Å². The average Bonchev–Trinajstić information content (AvgIpc) is 3.17. The van der Waals surface area contributed by atoms with Crippen LogP contribution in [0.2, 0.25) is 0 Å². The number of oxime groups is 1. The van der Waals surface area contributed by atoms with E-state index in [1.807, 2.05) is 18.2 Å². The van der Waals surface area contributed by atoms with E-state index in [9.17, 15) is 4.79 Å². The second-order valence-corrected chi connectivity index (χ2v) is 7.36. The van der Waals surface area contributed by atoms with E-state index in [0.717, 1.165) is 34.4 Å². The van der Waals surface area contributed by atoms with Crippen LogP contribution in [0.4, 0.5) is 0 Å². The van der Waals surface area contributed by atoms with Crippen molar-refractivity contribution in [1.29, 1.82) is 0 Å². The summed E-state index contributed by atoms with van der Waals surface area (Å²) in [4.78, 5) is 17.3. The lowest BCUT2D eigenvalue weighted by Gasteiger charge is -2.25. The second kappa shape index (κ2) is 5.24. The normalized spacial score (nSPS) is 35.2. The Morgan fingerprint density at radius 3 is 2.90 bits per heavy atom. The molecule has 0 aromatic heterocycles. The largest absolute Gasteiger partial charge is 0.366 e. The molecular weight excluding hydrogens is 330 g/mol. The van der Waals surface area contributed by atoms with E-state index in [0.29, 0.717) is 11.5 Å². The SMILES string of the molecule is O=C(O/N=C1\C[C@@H]2C[C@H]1[C@H]1CCC[C@@H]21)c1ccccc1Br. The highest BCUT2D eigenvalue weighted by Crippen LogP contribution is 2.57. The van der Waals surface area contributed by atoms with Crippen molar-refractivity contribution in [2.24, 2.45) is 28.8 Å². The molecule has 21 heavy (non-hydrogen) atoms. The first-order chi connectivity index (χ1) is 10.2. The first kappa shape index (κ1) is 13.5. The van der Waals surface area contributed by atoms with Crippen molar-refractivity contribution in [1.82, 2.24) is 0 Å². The van der Waals surface area contributed by atoms with Gasteiger partial charge in [-0.05, 0) is 71.5 Å². The molecule has 3 aliphatic rings. The Labute approximate surface area is 132 Å². The van der Waals surface area contributed by atoms with Gasteiger partial charge in [-0.25, -0.2) is 4.79 Å². The number of fused-ring (bicyclic) bond motifs is 5. The molecule has 3 saturated carbocycles. The zero-order valence-electron chi connectivity index (χ0n) is 11.8. The summed E-state index contributed by atoms with van der Waals surface area (Å²) >= 11 is 3.37. The summed E-state index contributed by atoms with van der Waals surface area (Å²) in [5.74, 6) is 2.73. The topological polar surface area (TPSA) is 38.7 Å². The molecule has 4 atom stereocenters. The zero-order chi connectivity index (χ0) is 14.4. The molecule has 1 aromatic carbocycles. The summed E-state index contributed by atoms with van der Waals surface area (Å²) < 4.78 is 0.749. The Morgan fingerprint density at radius 2 is 2.05 bits per heavy atom. The minimum absolute atomic E-state index is 0.374. The molecule has 110 valence electrons. The van der Waals surface area contributed by atoms with E-state index in [2.05, 4.69) is 21.1 Å². The number of hydrogen-bond acceptors (Lipinski definition) is 3. The standard InChI is InChI=1S/C17H18BrNO2/c18-15-7-2-1-4-13(15)17(20)21-19-16-9-10-8-14(16)12-6-3-5-11(10)12/h1-2,4,7,10-12,14H,3,5-6,8-9H2/b19-16+/t10-,11-,12-,14-/m0/s1. The first-order valence-electron chi connectivity index (χ1n) is 7.76. The Hall–Kier alpha value is -1.16. The summed E-state index contributed by atoms with van der Waals surface area (Å²) in [6, 6.07) is 7.29. The molecule has 4 rings (SSSR count). The number of carbonyl (C=O) groups is 1. The number of carbonyl (C=O) groups excluding carboxylic acids is 1. The Kier molecular flexibility index (Phi) is 3.37. The number of rotatable bonds is 2. The van der Waals surface area contributed by atoms with Crippen LogP contribution in [-0.2, 0) is 4.84 Å². The Bertz CT molecular complexity index is 613. The van der Waals surface area contributed by atoms with Gasteiger partial charge in [-0.2, -0.15) is 0 Å². The molecule has 3 fully saturated rings. The quantitative estimate of drug-likeness (QED) is 0.586. The fourth-order valence-electron chi connectivity index (χ4n) is 4.70. The number of hydrogen-bond donors (Lipinski definition) is 0. The van der Waals surface area contributed by atoms with Crippen molar-refractivity contribution in [2.45, 2.75) is 32.1 Å². The van der Waals surface area contributed by atoms with E-state index in [1.165, 1.54) is 25.7 Å². The number of nitrogens with zero attached hydrogens (tertiary/aromatic N) is 1. The number of benzene rings is 1. The predicted octanol–water partition coefficient (Wildman–Crippen LogP) is 4.42. The minimum atomic E-state index is -0.374. The van der Waals surface area contributed by atoms with Gasteiger partial charge in [-0.1, -0.05) is 23.7 Å². The molecule has 2 bridgehead atoms. The lowest BCUT2D eigenvalue weighted by Crippen LogP contribution is -2.24. The lowest BCUT2D eigenvalue weighted by atomic mass is 9.81. The summed E-state index contributed by atoms with van der Waals surface area (Å²) in [7, 11) is 0. The van der Waals surface area contributed by atoms with Gasteiger partial charge in [-0.15, -0.1) is 0 Å². The van der Waals surface area contributed by atoms with Crippen LogP contribution in [0.15, 0.2) is 33.9 Å². The Morgan fingerprint density at radius 1 is 1.24 bits per heavy atom. The molecular formula is C17H18BrNO2. The summed E-state index contributed by atoms with van der Waals surface area (Å²) in [5.41, 5.74) is 1.66. The highest BCUT2D eigenvalue weighted by molar-refractivity contribution is 9.10. The van der Waals surface area contributed by atoms with Crippen LogP contribution < -0.4 is 0 Å². The van der Waals surface area contributed by atoms with Crippen molar-refractivity contribution in [2.75, 3.05) is 0 Å². The van der Waals surface area contributed by atoms with Crippen LogP contribution >= 0.6 is 15.9 Å². The van der Waals surface area contributed by atoms with Gasteiger partial charge < -0.3 is 4.84 Å². The monoisotopic (exact) mass is 347 g/mol. The fraction of sp³-hybridized carbons (Fsp3) is 0.529. The van der Waals surface area contributed by atoms with Crippen LogP contribution in [0.5, 0.6) is 0 Å². The third kappa shape index (κ3) is 2.24. The van der Waals surface area contributed by atoms with Crippen molar-refractivity contribution < 1.29 is 9.63 Å². The van der Waals surface area contributed by atoms with Gasteiger partial charge in [0.2, 0.25) is 0 Å². The molecule has 4 heteroatoms. The van der Waals surface area contributed by atoms with Crippen LogP contribution in [-0.4, -0.2) is 11.7 Å². The third-order valence-electron chi connectivity index (χ3n) is 5.54. The van der Waals surface area contributed by atoms with Crippen LogP contribution in [0.1, 0.15) is 42.5 Å². The van der Waals surface area contributed by atoms with Gasteiger partial charge in [0.15, 0.2) is 0 Å². The molecule has 0 N–H and O–H groups in total. The van der Waals surface area contributed by atoms with Gasteiger partial charge in [0.25, 0.3) is 0 Å². The summed E-state index contributed by atoms with van der Waals surface area (Å²) in [5, 5.41) is 4.23. The molecule has 0 spiro atoms. The summed E-state index contributed by atoms with van der Waals surface area (Å²) in [6.45, 7) is 0.